The quantitative estimate of drug-likeness (QED) is 0.758. The molecule has 1 aliphatic rings. The minimum absolute atomic E-state index is 0.256. The average molecular weight is 213 g/mol. The number of hydrogen-bond acceptors (Lipinski definition) is 2. The number of hydrogen-bond donors (Lipinski definition) is 1. The Morgan fingerprint density at radius 2 is 1.93 bits per heavy atom. The maximum Gasteiger partial charge on any atom is 0.0600 e. The molecule has 90 valence electrons. The molecule has 1 fully saturated rings. The monoisotopic (exact) mass is 213 g/mol. The minimum atomic E-state index is 0.256. The first-order valence-electron chi connectivity index (χ1n) is 6.31. The van der Waals surface area contributed by atoms with E-state index >= 15 is 0 Å². The van der Waals surface area contributed by atoms with Crippen molar-refractivity contribution in [3.8, 4) is 0 Å². The molecule has 0 saturated heterocycles. The van der Waals surface area contributed by atoms with Crippen LogP contribution in [0.4, 0.5) is 0 Å². The van der Waals surface area contributed by atoms with Gasteiger partial charge in [-0.25, -0.2) is 0 Å². The van der Waals surface area contributed by atoms with Crippen LogP contribution in [0, 0.1) is 11.3 Å². The Bertz CT molecular complexity index is 179. The Labute approximate surface area is 94.8 Å². The molecule has 1 aliphatic carbocycles. The second kappa shape index (κ2) is 5.86. The summed E-state index contributed by atoms with van der Waals surface area (Å²) in [7, 11) is 2.00. The van der Waals surface area contributed by atoms with Gasteiger partial charge in [0.25, 0.3) is 0 Å². The molecule has 0 aromatic carbocycles. The van der Waals surface area contributed by atoms with Crippen LogP contribution in [0.1, 0.15) is 46.5 Å². The smallest absolute Gasteiger partial charge is 0.0600 e. The van der Waals surface area contributed by atoms with Gasteiger partial charge in [0.15, 0.2) is 0 Å². The third-order valence-electron chi connectivity index (χ3n) is 3.38. The maximum atomic E-state index is 6.07. The summed E-state index contributed by atoms with van der Waals surface area (Å²) in [5, 5.41) is 3.23. The maximum absolute atomic E-state index is 6.07. The van der Waals surface area contributed by atoms with E-state index in [9.17, 15) is 0 Å². The van der Waals surface area contributed by atoms with Crippen molar-refractivity contribution in [2.45, 2.75) is 52.6 Å². The van der Waals surface area contributed by atoms with Crippen LogP contribution in [-0.2, 0) is 4.74 Å². The Hall–Kier alpha value is -0.0800. The predicted octanol–water partition coefficient (Wildman–Crippen LogP) is 2.83. The van der Waals surface area contributed by atoms with Gasteiger partial charge in [-0.2, -0.15) is 0 Å². The molecule has 0 aromatic heterocycles. The topological polar surface area (TPSA) is 21.3 Å². The lowest BCUT2D eigenvalue weighted by molar-refractivity contribution is -0.0396. The Morgan fingerprint density at radius 3 is 2.53 bits per heavy atom. The summed E-state index contributed by atoms with van der Waals surface area (Å²) in [4.78, 5) is 0. The second-order valence-electron chi connectivity index (χ2n) is 5.81. The molecule has 2 unspecified atom stereocenters. The molecular formula is C13H27NO. The fourth-order valence-corrected chi connectivity index (χ4v) is 2.39. The highest BCUT2D eigenvalue weighted by molar-refractivity contribution is 4.75. The molecule has 0 radical (unpaired) electrons. The van der Waals surface area contributed by atoms with Crippen LogP contribution in [0.5, 0.6) is 0 Å². The van der Waals surface area contributed by atoms with E-state index in [1.54, 1.807) is 0 Å². The van der Waals surface area contributed by atoms with Crippen molar-refractivity contribution in [3.05, 3.63) is 0 Å². The van der Waals surface area contributed by atoms with Crippen molar-refractivity contribution in [2.75, 3.05) is 20.2 Å². The zero-order chi connectivity index (χ0) is 11.3. The van der Waals surface area contributed by atoms with Crippen molar-refractivity contribution in [3.63, 3.8) is 0 Å². The fraction of sp³-hybridized carbons (Fsp3) is 1.00. The van der Waals surface area contributed by atoms with Gasteiger partial charge in [0.2, 0.25) is 0 Å². The highest BCUT2D eigenvalue weighted by Gasteiger charge is 2.25. The molecule has 1 rings (SSSR count). The Balaban J connectivity index is 2.28. The standard InChI is InChI=1S/C13H27NO/c1-11-7-5-6-8-12(11)15-10-13(2,3)9-14-4/h11-12,14H,5-10H2,1-4H3. The van der Waals surface area contributed by atoms with Crippen LogP contribution in [0.3, 0.4) is 0 Å². The van der Waals surface area contributed by atoms with Crippen LogP contribution in [-0.4, -0.2) is 26.3 Å². The van der Waals surface area contributed by atoms with Gasteiger partial charge in [-0.3, -0.25) is 0 Å². The largest absolute Gasteiger partial charge is 0.377 e. The van der Waals surface area contributed by atoms with Crippen molar-refractivity contribution < 1.29 is 4.74 Å². The summed E-state index contributed by atoms with van der Waals surface area (Å²) in [6.07, 6.45) is 5.85. The van der Waals surface area contributed by atoms with Gasteiger partial charge in [0, 0.05) is 12.0 Å². The van der Waals surface area contributed by atoms with Crippen LogP contribution in [0.2, 0.25) is 0 Å². The molecule has 1 N–H and O–H groups in total. The number of ether oxygens (including phenoxy) is 1. The van der Waals surface area contributed by atoms with E-state index in [-0.39, 0.29) is 5.41 Å². The van der Waals surface area contributed by atoms with Gasteiger partial charge in [-0.05, 0) is 25.8 Å². The second-order valence-corrected chi connectivity index (χ2v) is 5.81. The lowest BCUT2D eigenvalue weighted by atomic mass is 9.87. The van der Waals surface area contributed by atoms with Gasteiger partial charge in [0.05, 0.1) is 12.7 Å². The van der Waals surface area contributed by atoms with Crippen LogP contribution in [0.25, 0.3) is 0 Å². The normalized spacial score (nSPS) is 28.0. The summed E-state index contributed by atoms with van der Waals surface area (Å²) in [5.41, 5.74) is 0.256. The van der Waals surface area contributed by atoms with Crippen LogP contribution < -0.4 is 5.32 Å². The van der Waals surface area contributed by atoms with Crippen LogP contribution >= 0.6 is 0 Å². The van der Waals surface area contributed by atoms with Crippen molar-refractivity contribution >= 4 is 0 Å². The van der Waals surface area contributed by atoms with Crippen molar-refractivity contribution in [1.29, 1.82) is 0 Å². The summed E-state index contributed by atoms with van der Waals surface area (Å²) in [5.74, 6) is 0.754. The zero-order valence-electron chi connectivity index (χ0n) is 10.8. The third kappa shape index (κ3) is 4.52. The van der Waals surface area contributed by atoms with E-state index in [1.165, 1.54) is 25.7 Å². The molecule has 15 heavy (non-hydrogen) atoms. The molecule has 2 atom stereocenters. The first-order chi connectivity index (χ1) is 7.05. The Morgan fingerprint density at radius 1 is 1.27 bits per heavy atom. The van der Waals surface area contributed by atoms with E-state index in [1.807, 2.05) is 7.05 Å². The van der Waals surface area contributed by atoms with Crippen molar-refractivity contribution in [2.24, 2.45) is 11.3 Å². The zero-order valence-corrected chi connectivity index (χ0v) is 10.8. The molecule has 2 nitrogen and oxygen atoms in total. The third-order valence-corrected chi connectivity index (χ3v) is 3.38. The molecule has 0 bridgehead atoms. The fourth-order valence-electron chi connectivity index (χ4n) is 2.39. The van der Waals surface area contributed by atoms with E-state index in [4.69, 9.17) is 4.74 Å². The first-order valence-corrected chi connectivity index (χ1v) is 6.31. The highest BCUT2D eigenvalue weighted by Crippen LogP contribution is 2.28. The van der Waals surface area contributed by atoms with E-state index < -0.39 is 0 Å². The van der Waals surface area contributed by atoms with Gasteiger partial charge in [-0.15, -0.1) is 0 Å². The molecule has 0 heterocycles. The molecule has 0 spiro atoms. The van der Waals surface area contributed by atoms with E-state index in [0.717, 1.165) is 19.1 Å². The average Bonchev–Trinajstić information content (AvgIpc) is 2.16. The SMILES string of the molecule is CNCC(C)(C)COC1CCCCC1C. The van der Waals surface area contributed by atoms with E-state index in [2.05, 4.69) is 26.1 Å². The molecule has 1 saturated carbocycles. The van der Waals surface area contributed by atoms with Gasteiger partial charge < -0.3 is 10.1 Å². The first kappa shape index (κ1) is 13.0. The summed E-state index contributed by atoms with van der Waals surface area (Å²) < 4.78 is 6.07. The minimum Gasteiger partial charge on any atom is -0.377 e. The Kier molecular flexibility index (Phi) is 5.07. The van der Waals surface area contributed by atoms with Gasteiger partial charge >= 0.3 is 0 Å². The molecular weight excluding hydrogens is 186 g/mol. The molecule has 2 heteroatoms. The summed E-state index contributed by atoms with van der Waals surface area (Å²) in [6.45, 7) is 8.75. The van der Waals surface area contributed by atoms with Crippen molar-refractivity contribution in [1.82, 2.24) is 5.32 Å². The van der Waals surface area contributed by atoms with E-state index in [0.29, 0.717) is 6.10 Å². The molecule has 0 aliphatic heterocycles. The molecule has 0 amide bonds. The summed E-state index contributed by atoms with van der Waals surface area (Å²) in [6, 6.07) is 0. The highest BCUT2D eigenvalue weighted by atomic mass is 16.5. The lowest BCUT2D eigenvalue weighted by Gasteiger charge is -2.32. The molecule has 0 aromatic rings. The van der Waals surface area contributed by atoms with Gasteiger partial charge in [0.1, 0.15) is 0 Å². The number of nitrogens with one attached hydrogen (secondary N) is 1. The predicted molar refractivity (Wildman–Crippen MR) is 65.1 cm³/mol. The van der Waals surface area contributed by atoms with Gasteiger partial charge in [-0.1, -0.05) is 33.6 Å². The summed E-state index contributed by atoms with van der Waals surface area (Å²) >= 11 is 0. The van der Waals surface area contributed by atoms with Crippen LogP contribution in [0.15, 0.2) is 0 Å². The number of rotatable bonds is 5. The lowest BCUT2D eigenvalue weighted by Crippen LogP contribution is -2.35.